The fourth-order valence-electron chi connectivity index (χ4n) is 0.813. The molecule has 0 aliphatic carbocycles. The van der Waals surface area contributed by atoms with E-state index in [1.807, 2.05) is 13.0 Å². The first-order valence-corrected chi connectivity index (χ1v) is 5.83. The van der Waals surface area contributed by atoms with Gasteiger partial charge in [-0.25, -0.2) is 8.42 Å². The van der Waals surface area contributed by atoms with E-state index in [2.05, 4.69) is 0 Å². The number of ether oxygens (including phenoxy) is 1. The third-order valence-corrected chi connectivity index (χ3v) is 2.59. The van der Waals surface area contributed by atoms with Crippen molar-refractivity contribution in [1.82, 2.24) is 0 Å². The molecule has 0 radical (unpaired) electrons. The summed E-state index contributed by atoms with van der Waals surface area (Å²) in [6.07, 6.45) is 7.16. The Bertz CT molecular complexity index is 295. The van der Waals surface area contributed by atoms with Gasteiger partial charge in [0.15, 0.2) is 0 Å². The van der Waals surface area contributed by atoms with Crippen LogP contribution in [0, 0.1) is 0 Å². The third-order valence-electron chi connectivity index (χ3n) is 1.47. The summed E-state index contributed by atoms with van der Waals surface area (Å²) in [6, 6.07) is 0. The molecule has 0 bridgehead atoms. The van der Waals surface area contributed by atoms with E-state index in [-0.39, 0.29) is 64.4 Å². The van der Waals surface area contributed by atoms with Gasteiger partial charge in [-0.15, -0.1) is 0 Å². The summed E-state index contributed by atoms with van der Waals surface area (Å²) in [6.45, 7) is 3.59. The van der Waals surface area contributed by atoms with Crippen molar-refractivity contribution >= 4 is 10.1 Å². The normalized spacial score (nSPS) is 14.3. The van der Waals surface area contributed by atoms with Gasteiger partial charge in [-0.05, 0) is 13.3 Å². The van der Waals surface area contributed by atoms with Crippen LogP contribution < -0.4 is 51.4 Å². The molecule has 0 aromatic rings. The van der Waals surface area contributed by atoms with Crippen molar-refractivity contribution in [3.8, 4) is 0 Å². The monoisotopic (exact) mass is 258 g/mol. The molecule has 0 fully saturated rings. The van der Waals surface area contributed by atoms with E-state index in [1.54, 1.807) is 25.2 Å². The van der Waals surface area contributed by atoms with Gasteiger partial charge in [0.05, 0.1) is 6.61 Å². The standard InChI is InChI=1S/C9H16O4S.K/c1-3-5-6-7-8-13-9(4-2)14(10,11)12;/h3,5-7,9H,4,8H2,1-2H3,(H,10,11,12);/q;+1/p-1. The Balaban J connectivity index is 0. The molecule has 1 unspecified atom stereocenters. The molecule has 4 nitrogen and oxygen atoms in total. The van der Waals surface area contributed by atoms with E-state index in [9.17, 15) is 13.0 Å². The average Bonchev–Trinajstić information content (AvgIpc) is 2.09. The van der Waals surface area contributed by atoms with Crippen LogP contribution in [0.2, 0.25) is 0 Å². The molecule has 82 valence electrons. The van der Waals surface area contributed by atoms with Gasteiger partial charge in [-0.2, -0.15) is 0 Å². The molecule has 0 saturated carbocycles. The number of allylic oxidation sites excluding steroid dienone is 3. The van der Waals surface area contributed by atoms with Gasteiger partial charge < -0.3 is 9.29 Å². The van der Waals surface area contributed by atoms with Crippen molar-refractivity contribution in [2.24, 2.45) is 0 Å². The van der Waals surface area contributed by atoms with Crippen LogP contribution in [0.25, 0.3) is 0 Å². The van der Waals surface area contributed by atoms with E-state index in [1.165, 1.54) is 0 Å². The van der Waals surface area contributed by atoms with Crippen molar-refractivity contribution < 1.29 is 69.1 Å². The Morgan fingerprint density at radius 1 is 1.40 bits per heavy atom. The summed E-state index contributed by atoms with van der Waals surface area (Å²) < 4.78 is 36.6. The van der Waals surface area contributed by atoms with Crippen LogP contribution in [-0.4, -0.2) is 25.0 Å². The quantitative estimate of drug-likeness (QED) is 0.328. The SMILES string of the molecule is CC=CC=CCOC(CC)S(=O)(=O)[O-].[K+]. The molecule has 0 aromatic heterocycles. The first-order chi connectivity index (χ1) is 6.52. The van der Waals surface area contributed by atoms with Crippen molar-refractivity contribution in [3.63, 3.8) is 0 Å². The van der Waals surface area contributed by atoms with Gasteiger partial charge in [0, 0.05) is 0 Å². The first-order valence-electron chi connectivity index (χ1n) is 4.36. The maximum Gasteiger partial charge on any atom is 1.00 e. The molecule has 15 heavy (non-hydrogen) atoms. The van der Waals surface area contributed by atoms with Gasteiger partial charge in [0.1, 0.15) is 15.6 Å². The molecular formula is C9H15KO4S. The zero-order chi connectivity index (χ0) is 11.0. The van der Waals surface area contributed by atoms with E-state index < -0.39 is 15.6 Å². The molecule has 6 heteroatoms. The second-order valence-electron chi connectivity index (χ2n) is 2.62. The van der Waals surface area contributed by atoms with Crippen LogP contribution in [-0.2, 0) is 14.9 Å². The van der Waals surface area contributed by atoms with E-state index in [4.69, 9.17) is 4.74 Å². The molecule has 0 amide bonds. The predicted molar refractivity (Wildman–Crippen MR) is 53.7 cm³/mol. The van der Waals surface area contributed by atoms with Crippen LogP contribution in [0.5, 0.6) is 0 Å². The Labute approximate surface area is 134 Å². The van der Waals surface area contributed by atoms with Gasteiger partial charge in [-0.3, -0.25) is 0 Å². The van der Waals surface area contributed by atoms with E-state index in [0.717, 1.165) is 0 Å². The third kappa shape index (κ3) is 9.89. The Morgan fingerprint density at radius 2 is 2.00 bits per heavy atom. The van der Waals surface area contributed by atoms with E-state index >= 15 is 0 Å². The zero-order valence-corrected chi connectivity index (χ0v) is 13.3. The number of hydrogen-bond acceptors (Lipinski definition) is 4. The Morgan fingerprint density at radius 3 is 2.40 bits per heavy atom. The fourth-order valence-corrected chi connectivity index (χ4v) is 1.47. The van der Waals surface area contributed by atoms with E-state index in [0.29, 0.717) is 0 Å². The predicted octanol–water partition coefficient (Wildman–Crippen LogP) is -1.58. The first kappa shape index (κ1) is 18.4. The molecule has 0 aliphatic rings. The summed E-state index contributed by atoms with van der Waals surface area (Å²) in [4.78, 5) is 0. The second kappa shape index (κ2) is 10.2. The fraction of sp³-hybridized carbons (Fsp3) is 0.556. The summed E-state index contributed by atoms with van der Waals surface area (Å²) >= 11 is 0. The van der Waals surface area contributed by atoms with Gasteiger partial charge in [0.2, 0.25) is 0 Å². The molecule has 0 heterocycles. The van der Waals surface area contributed by atoms with Crippen LogP contribution >= 0.6 is 0 Å². The average molecular weight is 258 g/mol. The van der Waals surface area contributed by atoms with Crippen molar-refractivity contribution in [2.75, 3.05) is 6.61 Å². The number of hydrogen-bond donors (Lipinski definition) is 0. The Kier molecular flexibility index (Phi) is 12.4. The molecule has 0 aliphatic heterocycles. The van der Waals surface area contributed by atoms with Crippen molar-refractivity contribution in [2.45, 2.75) is 25.7 Å². The minimum atomic E-state index is -4.33. The molecule has 0 saturated heterocycles. The molecule has 0 rings (SSSR count). The molecular weight excluding hydrogens is 243 g/mol. The van der Waals surface area contributed by atoms with Crippen LogP contribution in [0.4, 0.5) is 0 Å². The maximum atomic E-state index is 10.6. The molecule has 0 N–H and O–H groups in total. The second-order valence-corrected chi connectivity index (χ2v) is 4.13. The summed E-state index contributed by atoms with van der Waals surface area (Å²) in [7, 11) is -4.33. The minimum Gasteiger partial charge on any atom is -0.746 e. The van der Waals surface area contributed by atoms with Gasteiger partial charge >= 0.3 is 51.4 Å². The molecule has 0 aromatic carbocycles. The van der Waals surface area contributed by atoms with Crippen molar-refractivity contribution in [3.05, 3.63) is 24.3 Å². The molecule has 1 atom stereocenters. The summed E-state index contributed by atoms with van der Waals surface area (Å²) in [5.74, 6) is 0. The topological polar surface area (TPSA) is 66.4 Å². The van der Waals surface area contributed by atoms with Crippen LogP contribution in [0.1, 0.15) is 20.3 Å². The summed E-state index contributed by atoms with van der Waals surface area (Å²) in [5, 5.41) is 0. The number of rotatable bonds is 6. The summed E-state index contributed by atoms with van der Waals surface area (Å²) in [5.41, 5.74) is -1.24. The van der Waals surface area contributed by atoms with Crippen LogP contribution in [0.15, 0.2) is 24.3 Å². The minimum absolute atomic E-state index is 0. The largest absolute Gasteiger partial charge is 1.00 e. The smallest absolute Gasteiger partial charge is 0.746 e. The maximum absolute atomic E-state index is 10.6. The molecule has 0 spiro atoms. The van der Waals surface area contributed by atoms with Crippen molar-refractivity contribution in [1.29, 1.82) is 0 Å². The van der Waals surface area contributed by atoms with Gasteiger partial charge in [0.25, 0.3) is 0 Å². The Hall–Kier alpha value is 0.986. The zero-order valence-electron chi connectivity index (χ0n) is 9.34. The van der Waals surface area contributed by atoms with Gasteiger partial charge in [-0.1, -0.05) is 31.2 Å². The van der Waals surface area contributed by atoms with Crippen LogP contribution in [0.3, 0.4) is 0 Å².